The summed E-state index contributed by atoms with van der Waals surface area (Å²) >= 11 is 0. The molecule has 0 saturated heterocycles. The summed E-state index contributed by atoms with van der Waals surface area (Å²) in [7, 11) is 0. The van der Waals surface area contributed by atoms with Crippen LogP contribution in [-0.2, 0) is 0 Å². The van der Waals surface area contributed by atoms with Crippen molar-refractivity contribution in [2.75, 3.05) is 0 Å². The third-order valence-electron chi connectivity index (χ3n) is 8.92. The maximum Gasteiger partial charge on any atom is 0.0138 e. The van der Waals surface area contributed by atoms with Crippen molar-refractivity contribution < 1.29 is 0 Å². The Morgan fingerprint density at radius 1 is 0.895 bits per heavy atom. The maximum absolute atomic E-state index is 4.18. The van der Waals surface area contributed by atoms with Crippen LogP contribution in [0.5, 0.6) is 0 Å². The second-order valence-corrected chi connectivity index (χ2v) is 9.34. The van der Waals surface area contributed by atoms with Gasteiger partial charge in [-0.2, -0.15) is 0 Å². The second-order valence-electron chi connectivity index (χ2n) is 9.34. The fourth-order valence-electron chi connectivity index (χ4n) is 7.24. The lowest BCUT2D eigenvalue weighted by atomic mass is 9.69. The Bertz CT molecular complexity index is 411. The summed E-state index contributed by atoms with van der Waals surface area (Å²) in [6.45, 7) is 7.68. The van der Waals surface area contributed by atoms with Gasteiger partial charge in [0.15, 0.2) is 0 Å². The van der Waals surface area contributed by atoms with Gasteiger partial charge < -0.3 is 5.32 Å². The zero-order valence-corrected chi connectivity index (χ0v) is 12.8. The molecule has 0 aliphatic heterocycles. The normalized spacial score (nSPS) is 63.6. The van der Waals surface area contributed by atoms with Crippen LogP contribution in [0.2, 0.25) is 0 Å². The molecule has 7 unspecified atom stereocenters. The van der Waals surface area contributed by atoms with Crippen LogP contribution in [0.25, 0.3) is 0 Å². The highest BCUT2D eigenvalue weighted by molar-refractivity contribution is 5.20. The van der Waals surface area contributed by atoms with E-state index in [1.165, 1.54) is 19.3 Å². The highest BCUT2D eigenvalue weighted by Gasteiger charge is 2.68. The second kappa shape index (κ2) is 3.24. The number of rotatable bonds is 2. The summed E-state index contributed by atoms with van der Waals surface area (Å²) in [5, 5.41) is 4.18. The van der Waals surface area contributed by atoms with Crippen LogP contribution in [0.15, 0.2) is 0 Å². The first-order chi connectivity index (χ1) is 9.02. The molecule has 0 heterocycles. The van der Waals surface area contributed by atoms with Gasteiger partial charge in [-0.25, -0.2) is 0 Å². The van der Waals surface area contributed by atoms with Gasteiger partial charge in [0.05, 0.1) is 0 Å². The summed E-state index contributed by atoms with van der Waals surface area (Å²) in [6, 6.07) is 1.76. The smallest absolute Gasteiger partial charge is 0.0138 e. The van der Waals surface area contributed by atoms with E-state index in [-0.39, 0.29) is 0 Å². The summed E-state index contributed by atoms with van der Waals surface area (Å²) in [6.07, 6.45) is 9.13. The van der Waals surface area contributed by atoms with Gasteiger partial charge in [-0.1, -0.05) is 20.8 Å². The molecule has 7 atom stereocenters. The van der Waals surface area contributed by atoms with Crippen molar-refractivity contribution in [3.63, 3.8) is 0 Å². The monoisotopic (exact) mass is 259 g/mol. The van der Waals surface area contributed by atoms with E-state index in [2.05, 4.69) is 26.1 Å². The van der Waals surface area contributed by atoms with Gasteiger partial charge in [0, 0.05) is 12.1 Å². The third-order valence-corrected chi connectivity index (χ3v) is 8.92. The largest absolute Gasteiger partial charge is 0.310 e. The van der Waals surface area contributed by atoms with Crippen LogP contribution < -0.4 is 5.32 Å². The molecule has 1 heteroatoms. The Kier molecular flexibility index (Phi) is 1.98. The topological polar surface area (TPSA) is 12.0 Å². The van der Waals surface area contributed by atoms with Crippen molar-refractivity contribution in [3.8, 4) is 0 Å². The molecule has 5 aliphatic rings. The Balaban J connectivity index is 1.35. The molecule has 1 N–H and O–H groups in total. The molecule has 5 rings (SSSR count). The van der Waals surface area contributed by atoms with Gasteiger partial charge in [0.1, 0.15) is 0 Å². The molecular weight excluding hydrogens is 230 g/mol. The molecular formula is C18H29N. The van der Waals surface area contributed by atoms with Crippen molar-refractivity contribution in [1.29, 1.82) is 0 Å². The van der Waals surface area contributed by atoms with E-state index in [4.69, 9.17) is 0 Å². The quantitative estimate of drug-likeness (QED) is 0.794. The lowest BCUT2D eigenvalue weighted by Gasteiger charge is -2.40. The molecule has 5 aliphatic carbocycles. The molecule has 4 bridgehead atoms. The first-order valence-electron chi connectivity index (χ1n) is 8.78. The molecule has 5 fully saturated rings. The molecule has 106 valence electrons. The van der Waals surface area contributed by atoms with E-state index in [0.29, 0.717) is 10.8 Å². The highest BCUT2D eigenvalue weighted by Crippen LogP contribution is 2.69. The molecule has 0 spiro atoms. The first kappa shape index (κ1) is 11.6. The van der Waals surface area contributed by atoms with Crippen LogP contribution in [0.4, 0.5) is 0 Å². The summed E-state index contributed by atoms with van der Waals surface area (Å²) in [5.74, 6) is 5.43. The van der Waals surface area contributed by atoms with Crippen LogP contribution in [0.1, 0.15) is 59.3 Å². The van der Waals surface area contributed by atoms with Gasteiger partial charge in [0.25, 0.3) is 0 Å². The lowest BCUT2D eigenvalue weighted by Crippen LogP contribution is -2.46. The van der Waals surface area contributed by atoms with Crippen molar-refractivity contribution in [1.82, 2.24) is 5.32 Å². The van der Waals surface area contributed by atoms with Crippen LogP contribution >= 0.6 is 0 Å². The lowest BCUT2D eigenvalue weighted by molar-refractivity contribution is 0.118. The Morgan fingerprint density at radius 2 is 1.58 bits per heavy atom. The Morgan fingerprint density at radius 3 is 2.11 bits per heavy atom. The van der Waals surface area contributed by atoms with Gasteiger partial charge in [-0.05, 0) is 78.9 Å². The standard InChI is InChI=1S/C18H29N/c1-17(2)12-6-7-18(17,3)13(9-12)19-16-14-10-4-5-11(8-10)15(14)16/h10-16,19H,4-9H2,1-3H3. The van der Waals surface area contributed by atoms with E-state index >= 15 is 0 Å². The summed E-state index contributed by atoms with van der Waals surface area (Å²) < 4.78 is 0. The molecule has 19 heavy (non-hydrogen) atoms. The average molecular weight is 259 g/mol. The molecule has 0 aromatic heterocycles. The fraction of sp³-hybridized carbons (Fsp3) is 1.00. The van der Waals surface area contributed by atoms with Crippen molar-refractivity contribution >= 4 is 0 Å². The highest BCUT2D eigenvalue weighted by atomic mass is 15.1. The number of hydrogen-bond acceptors (Lipinski definition) is 1. The molecule has 0 aromatic rings. The predicted octanol–water partition coefficient (Wildman–Crippen LogP) is 3.84. The van der Waals surface area contributed by atoms with Gasteiger partial charge >= 0.3 is 0 Å². The van der Waals surface area contributed by atoms with Gasteiger partial charge in [-0.3, -0.25) is 0 Å². The average Bonchev–Trinajstić information content (AvgIpc) is 2.67. The van der Waals surface area contributed by atoms with Gasteiger partial charge in [-0.15, -0.1) is 0 Å². The molecule has 0 radical (unpaired) electrons. The first-order valence-corrected chi connectivity index (χ1v) is 8.78. The predicted molar refractivity (Wildman–Crippen MR) is 77.8 cm³/mol. The summed E-state index contributed by atoms with van der Waals surface area (Å²) in [5.41, 5.74) is 1.15. The van der Waals surface area contributed by atoms with E-state index in [1.54, 1.807) is 19.3 Å². The molecule has 1 nitrogen and oxygen atoms in total. The molecule has 0 aromatic carbocycles. The molecule has 0 amide bonds. The van der Waals surface area contributed by atoms with E-state index in [9.17, 15) is 0 Å². The van der Waals surface area contributed by atoms with Crippen LogP contribution in [0, 0.1) is 40.4 Å². The van der Waals surface area contributed by atoms with Crippen molar-refractivity contribution in [2.24, 2.45) is 40.4 Å². The van der Waals surface area contributed by atoms with Crippen molar-refractivity contribution in [3.05, 3.63) is 0 Å². The summed E-state index contributed by atoms with van der Waals surface area (Å²) in [4.78, 5) is 0. The van der Waals surface area contributed by atoms with Gasteiger partial charge in [0.2, 0.25) is 0 Å². The third kappa shape index (κ3) is 1.19. The van der Waals surface area contributed by atoms with E-state index in [0.717, 1.165) is 41.7 Å². The molecule has 5 saturated carbocycles. The Labute approximate surface area is 117 Å². The van der Waals surface area contributed by atoms with Crippen molar-refractivity contribution in [2.45, 2.75) is 71.4 Å². The maximum atomic E-state index is 4.18. The SMILES string of the molecule is CC1(C)C2CCC1(C)C(NC1C3C4CCC(C4)C13)C2. The number of fused-ring (bicyclic) bond motifs is 7. The minimum absolute atomic E-state index is 0.577. The number of nitrogens with one attached hydrogen (secondary N) is 1. The fourth-order valence-corrected chi connectivity index (χ4v) is 7.24. The van der Waals surface area contributed by atoms with Crippen LogP contribution in [-0.4, -0.2) is 12.1 Å². The van der Waals surface area contributed by atoms with E-state index < -0.39 is 0 Å². The number of hydrogen-bond donors (Lipinski definition) is 1. The zero-order valence-electron chi connectivity index (χ0n) is 12.8. The van der Waals surface area contributed by atoms with E-state index in [1.807, 2.05) is 0 Å². The van der Waals surface area contributed by atoms with Crippen LogP contribution in [0.3, 0.4) is 0 Å². The zero-order chi connectivity index (χ0) is 13.0. The Hall–Kier alpha value is -0.0400. The minimum Gasteiger partial charge on any atom is -0.310 e. The minimum atomic E-state index is 0.577.